The first kappa shape index (κ1) is 17.2. The highest BCUT2D eigenvalue weighted by Crippen LogP contribution is 2.21. The topological polar surface area (TPSA) is 38.3 Å². The Kier molecular flexibility index (Phi) is 5.46. The smallest absolute Gasteiger partial charge is 0.255 e. The normalized spacial score (nSPS) is 10.3. The van der Waals surface area contributed by atoms with Crippen LogP contribution in [0.2, 0.25) is 0 Å². The third-order valence-corrected chi connectivity index (χ3v) is 4.02. The fraction of sp³-hybridized carbons (Fsp3) is 0.0500. The van der Waals surface area contributed by atoms with Gasteiger partial charge < -0.3 is 10.1 Å². The van der Waals surface area contributed by atoms with Crippen molar-refractivity contribution in [3.63, 3.8) is 0 Å². The molecule has 1 amide bonds. The van der Waals surface area contributed by atoms with Crippen LogP contribution in [0.5, 0.6) is 5.75 Å². The molecule has 0 fully saturated rings. The minimum Gasteiger partial charge on any atom is -0.489 e. The first-order valence-electron chi connectivity index (χ1n) is 7.65. The Morgan fingerprint density at radius 3 is 2.56 bits per heavy atom. The Balaban J connectivity index is 1.69. The summed E-state index contributed by atoms with van der Waals surface area (Å²) < 4.78 is 20.2. The highest BCUT2D eigenvalue weighted by molar-refractivity contribution is 9.10. The number of benzene rings is 3. The first-order chi connectivity index (χ1) is 12.1. The number of carbonyl (C=O) groups is 1. The number of halogens is 2. The summed E-state index contributed by atoms with van der Waals surface area (Å²) in [6.45, 7) is 0.410. The number of ether oxygens (including phenoxy) is 1. The van der Waals surface area contributed by atoms with Crippen LogP contribution in [-0.2, 0) is 6.61 Å². The van der Waals surface area contributed by atoms with Crippen LogP contribution in [0, 0.1) is 5.82 Å². The Bertz CT molecular complexity index is 884. The van der Waals surface area contributed by atoms with E-state index in [9.17, 15) is 9.18 Å². The van der Waals surface area contributed by atoms with Crippen molar-refractivity contribution in [1.29, 1.82) is 0 Å². The minimum atomic E-state index is -0.501. The van der Waals surface area contributed by atoms with Gasteiger partial charge in [0, 0.05) is 10.0 Å². The molecule has 0 bridgehead atoms. The van der Waals surface area contributed by atoms with Crippen molar-refractivity contribution in [2.75, 3.05) is 5.32 Å². The molecule has 0 radical (unpaired) electrons. The molecular formula is C20H15BrFNO2. The lowest BCUT2D eigenvalue weighted by atomic mass is 10.2. The lowest BCUT2D eigenvalue weighted by Crippen LogP contribution is -2.13. The van der Waals surface area contributed by atoms with Gasteiger partial charge in [-0.2, -0.15) is 0 Å². The number of nitrogens with one attached hydrogen (secondary N) is 1. The molecule has 5 heteroatoms. The maximum absolute atomic E-state index is 13.8. The predicted octanol–water partition coefficient (Wildman–Crippen LogP) is 5.42. The molecule has 126 valence electrons. The molecule has 0 atom stereocenters. The summed E-state index contributed by atoms with van der Waals surface area (Å²) in [6, 6.07) is 21.0. The van der Waals surface area contributed by atoms with Crippen LogP contribution in [0.15, 0.2) is 77.3 Å². The molecular weight excluding hydrogens is 385 g/mol. The van der Waals surface area contributed by atoms with Gasteiger partial charge in [-0.15, -0.1) is 0 Å². The van der Waals surface area contributed by atoms with E-state index in [0.29, 0.717) is 22.4 Å². The van der Waals surface area contributed by atoms with Gasteiger partial charge in [0.15, 0.2) is 0 Å². The van der Waals surface area contributed by atoms with Crippen LogP contribution in [0.1, 0.15) is 15.9 Å². The Labute approximate surface area is 153 Å². The van der Waals surface area contributed by atoms with E-state index in [1.807, 2.05) is 30.3 Å². The van der Waals surface area contributed by atoms with Crippen LogP contribution in [-0.4, -0.2) is 5.91 Å². The third-order valence-electron chi connectivity index (χ3n) is 3.52. The highest BCUT2D eigenvalue weighted by atomic mass is 79.9. The fourth-order valence-corrected chi connectivity index (χ4v) is 2.59. The Hall–Kier alpha value is -2.66. The van der Waals surface area contributed by atoms with Gasteiger partial charge in [-0.1, -0.05) is 52.3 Å². The average Bonchev–Trinajstić information content (AvgIpc) is 2.63. The molecule has 0 heterocycles. The van der Waals surface area contributed by atoms with Crippen molar-refractivity contribution in [2.45, 2.75) is 6.61 Å². The van der Waals surface area contributed by atoms with Crippen molar-refractivity contribution in [3.05, 3.63) is 94.2 Å². The van der Waals surface area contributed by atoms with Gasteiger partial charge in [-0.25, -0.2) is 4.39 Å². The van der Waals surface area contributed by atoms with E-state index in [-0.39, 0.29) is 5.69 Å². The molecule has 3 aromatic rings. The van der Waals surface area contributed by atoms with E-state index in [1.165, 1.54) is 12.1 Å². The second-order valence-electron chi connectivity index (χ2n) is 5.38. The van der Waals surface area contributed by atoms with E-state index < -0.39 is 11.7 Å². The van der Waals surface area contributed by atoms with Gasteiger partial charge in [0.2, 0.25) is 0 Å². The molecule has 3 nitrogen and oxygen atoms in total. The molecule has 0 spiro atoms. The second kappa shape index (κ2) is 7.94. The zero-order valence-electron chi connectivity index (χ0n) is 13.2. The highest BCUT2D eigenvalue weighted by Gasteiger charge is 2.10. The Morgan fingerprint density at radius 2 is 1.80 bits per heavy atom. The van der Waals surface area contributed by atoms with Crippen LogP contribution in [0.3, 0.4) is 0 Å². The fourth-order valence-electron chi connectivity index (χ4n) is 2.25. The van der Waals surface area contributed by atoms with Gasteiger partial charge in [-0.3, -0.25) is 4.79 Å². The molecule has 0 aromatic heterocycles. The van der Waals surface area contributed by atoms with Crippen LogP contribution < -0.4 is 10.1 Å². The summed E-state index contributed by atoms with van der Waals surface area (Å²) in [7, 11) is 0. The van der Waals surface area contributed by atoms with E-state index >= 15 is 0 Å². The van der Waals surface area contributed by atoms with Crippen molar-refractivity contribution in [3.8, 4) is 5.75 Å². The number of anilines is 1. The molecule has 1 N–H and O–H groups in total. The molecule has 0 unspecified atom stereocenters. The molecule has 0 aliphatic heterocycles. The van der Waals surface area contributed by atoms with Gasteiger partial charge in [0.25, 0.3) is 5.91 Å². The minimum absolute atomic E-state index is 0.129. The molecule has 0 aliphatic carbocycles. The second-order valence-corrected chi connectivity index (χ2v) is 6.30. The van der Waals surface area contributed by atoms with Crippen molar-refractivity contribution in [2.24, 2.45) is 0 Å². The number of amides is 1. The van der Waals surface area contributed by atoms with Gasteiger partial charge in [0.1, 0.15) is 18.2 Å². The van der Waals surface area contributed by atoms with Gasteiger partial charge in [-0.05, 0) is 42.0 Å². The predicted molar refractivity (Wildman–Crippen MR) is 99.3 cm³/mol. The van der Waals surface area contributed by atoms with Crippen molar-refractivity contribution < 1.29 is 13.9 Å². The summed E-state index contributed by atoms with van der Waals surface area (Å²) in [5.74, 6) is -0.321. The summed E-state index contributed by atoms with van der Waals surface area (Å²) in [4.78, 5) is 12.3. The summed E-state index contributed by atoms with van der Waals surface area (Å²) in [6.07, 6.45) is 0. The largest absolute Gasteiger partial charge is 0.489 e. The van der Waals surface area contributed by atoms with Crippen LogP contribution in [0.25, 0.3) is 0 Å². The van der Waals surface area contributed by atoms with Gasteiger partial charge in [0.05, 0.1) is 5.69 Å². The molecule has 0 aliphatic rings. The van der Waals surface area contributed by atoms with Crippen molar-refractivity contribution in [1.82, 2.24) is 0 Å². The maximum atomic E-state index is 13.8. The quantitative estimate of drug-likeness (QED) is 0.621. The summed E-state index contributed by atoms with van der Waals surface area (Å²) >= 11 is 3.18. The lowest BCUT2D eigenvalue weighted by molar-refractivity contribution is 0.102. The van der Waals surface area contributed by atoms with E-state index in [4.69, 9.17) is 4.74 Å². The van der Waals surface area contributed by atoms with E-state index in [2.05, 4.69) is 21.2 Å². The molecule has 3 rings (SSSR count). The average molecular weight is 400 g/mol. The molecule has 25 heavy (non-hydrogen) atoms. The zero-order chi connectivity index (χ0) is 17.6. The van der Waals surface area contributed by atoms with E-state index in [0.717, 1.165) is 5.56 Å². The van der Waals surface area contributed by atoms with Crippen LogP contribution >= 0.6 is 15.9 Å². The summed E-state index contributed by atoms with van der Waals surface area (Å²) in [5, 5.41) is 2.56. The lowest BCUT2D eigenvalue weighted by Gasteiger charge is -2.09. The van der Waals surface area contributed by atoms with Crippen LogP contribution in [0.4, 0.5) is 10.1 Å². The number of rotatable bonds is 5. The number of hydrogen-bond acceptors (Lipinski definition) is 2. The van der Waals surface area contributed by atoms with E-state index in [1.54, 1.807) is 30.3 Å². The SMILES string of the molecule is O=C(Nc1ccc(Br)cc1F)c1cccc(OCc2ccccc2)c1. The van der Waals surface area contributed by atoms with Crippen molar-refractivity contribution >= 4 is 27.5 Å². The van der Waals surface area contributed by atoms with Gasteiger partial charge >= 0.3 is 0 Å². The standard InChI is InChI=1S/C20H15BrFNO2/c21-16-9-10-19(18(22)12-16)23-20(24)15-7-4-8-17(11-15)25-13-14-5-2-1-3-6-14/h1-12H,13H2,(H,23,24). The zero-order valence-corrected chi connectivity index (χ0v) is 14.8. The molecule has 3 aromatic carbocycles. The molecule has 0 saturated heterocycles. The first-order valence-corrected chi connectivity index (χ1v) is 8.44. The number of carbonyl (C=O) groups excluding carboxylic acids is 1. The third kappa shape index (κ3) is 4.67. The maximum Gasteiger partial charge on any atom is 0.255 e. The number of hydrogen-bond donors (Lipinski definition) is 1. The Morgan fingerprint density at radius 1 is 1.00 bits per heavy atom. The monoisotopic (exact) mass is 399 g/mol. The summed E-state index contributed by atoms with van der Waals surface area (Å²) in [5.41, 5.74) is 1.56. The molecule has 0 saturated carbocycles.